The molecule has 0 saturated carbocycles. The van der Waals surface area contributed by atoms with Gasteiger partial charge in [0.05, 0.1) is 6.21 Å². The Balaban J connectivity index is 3.34. The van der Waals surface area contributed by atoms with Gasteiger partial charge in [-0.25, -0.2) is 4.39 Å². The third-order valence-electron chi connectivity index (χ3n) is 2.08. The molecule has 1 aromatic rings. The van der Waals surface area contributed by atoms with Crippen LogP contribution in [0, 0.1) is 12.7 Å². The molecule has 1 N–H and O–H groups in total. The molecule has 3 heteroatoms. The average molecular weight is 181 g/mol. The van der Waals surface area contributed by atoms with Crippen LogP contribution >= 0.6 is 0 Å². The topological polar surface area (TPSA) is 32.6 Å². The molecule has 0 atom stereocenters. The first-order valence-corrected chi connectivity index (χ1v) is 4.16. The van der Waals surface area contributed by atoms with Gasteiger partial charge in [0.1, 0.15) is 5.82 Å². The minimum Gasteiger partial charge on any atom is -0.411 e. The summed E-state index contributed by atoms with van der Waals surface area (Å²) in [7, 11) is 0. The highest BCUT2D eigenvalue weighted by Gasteiger charge is 2.07. The van der Waals surface area contributed by atoms with Gasteiger partial charge in [-0.15, -0.1) is 0 Å². The Kier molecular flexibility index (Phi) is 3.01. The van der Waals surface area contributed by atoms with Gasteiger partial charge in [0.15, 0.2) is 0 Å². The van der Waals surface area contributed by atoms with Crippen LogP contribution in [0.2, 0.25) is 0 Å². The highest BCUT2D eigenvalue weighted by molar-refractivity contribution is 5.82. The van der Waals surface area contributed by atoms with Crippen LogP contribution in [0.5, 0.6) is 0 Å². The summed E-state index contributed by atoms with van der Waals surface area (Å²) in [4.78, 5) is 0. The first-order valence-electron chi connectivity index (χ1n) is 4.16. The molecule has 1 aromatic carbocycles. The molecule has 0 unspecified atom stereocenters. The lowest BCUT2D eigenvalue weighted by molar-refractivity contribution is 0.321. The van der Waals surface area contributed by atoms with E-state index in [1.807, 2.05) is 13.8 Å². The fourth-order valence-corrected chi connectivity index (χ4v) is 1.41. The lowest BCUT2D eigenvalue weighted by atomic mass is 10.00. The minimum absolute atomic E-state index is 0.347. The van der Waals surface area contributed by atoms with Crippen molar-refractivity contribution in [3.05, 3.63) is 34.6 Å². The summed E-state index contributed by atoms with van der Waals surface area (Å²) in [6, 6.07) is 3.11. The fraction of sp³-hybridized carbons (Fsp3) is 0.300. The third-order valence-corrected chi connectivity index (χ3v) is 2.08. The van der Waals surface area contributed by atoms with E-state index in [9.17, 15) is 4.39 Å². The Morgan fingerprint density at radius 3 is 2.77 bits per heavy atom. The first kappa shape index (κ1) is 9.71. The van der Waals surface area contributed by atoms with Gasteiger partial charge in [0, 0.05) is 5.56 Å². The van der Waals surface area contributed by atoms with Gasteiger partial charge in [-0.3, -0.25) is 0 Å². The van der Waals surface area contributed by atoms with Crippen LogP contribution in [0.15, 0.2) is 17.3 Å². The maximum Gasteiger partial charge on any atom is 0.132 e. The van der Waals surface area contributed by atoms with Crippen molar-refractivity contribution in [3.8, 4) is 0 Å². The molecule has 0 aliphatic carbocycles. The molecule has 0 heterocycles. The van der Waals surface area contributed by atoms with Gasteiger partial charge >= 0.3 is 0 Å². The van der Waals surface area contributed by atoms with E-state index < -0.39 is 0 Å². The van der Waals surface area contributed by atoms with Crippen LogP contribution < -0.4 is 0 Å². The van der Waals surface area contributed by atoms with Gasteiger partial charge in [-0.2, -0.15) is 0 Å². The van der Waals surface area contributed by atoms with Gasteiger partial charge in [0.2, 0.25) is 0 Å². The zero-order chi connectivity index (χ0) is 9.84. The summed E-state index contributed by atoms with van der Waals surface area (Å²) in [5.41, 5.74) is 2.28. The largest absolute Gasteiger partial charge is 0.411 e. The zero-order valence-electron chi connectivity index (χ0n) is 7.71. The van der Waals surface area contributed by atoms with E-state index in [4.69, 9.17) is 5.21 Å². The molecule has 0 bridgehead atoms. The predicted molar refractivity (Wildman–Crippen MR) is 49.9 cm³/mol. The van der Waals surface area contributed by atoms with E-state index in [2.05, 4.69) is 5.16 Å². The monoisotopic (exact) mass is 181 g/mol. The summed E-state index contributed by atoms with van der Waals surface area (Å²) in [6.07, 6.45) is 1.87. The Morgan fingerprint density at radius 1 is 1.54 bits per heavy atom. The lowest BCUT2D eigenvalue weighted by Crippen LogP contribution is -1.99. The van der Waals surface area contributed by atoms with Crippen LogP contribution in [0.25, 0.3) is 0 Å². The second-order valence-corrected chi connectivity index (χ2v) is 2.85. The Labute approximate surface area is 76.7 Å². The average Bonchev–Trinajstić information content (AvgIpc) is 2.12. The number of nitrogens with zero attached hydrogens (tertiary/aromatic N) is 1. The van der Waals surface area contributed by atoms with Crippen LogP contribution in [0.4, 0.5) is 4.39 Å². The lowest BCUT2D eigenvalue weighted by Gasteiger charge is -2.07. The molecule has 0 saturated heterocycles. The molecule has 0 aliphatic heterocycles. The maximum absolute atomic E-state index is 13.2. The van der Waals surface area contributed by atoms with Crippen molar-refractivity contribution in [2.24, 2.45) is 5.16 Å². The maximum atomic E-state index is 13.2. The number of hydrogen-bond donors (Lipinski definition) is 1. The molecule has 0 aliphatic rings. The summed E-state index contributed by atoms with van der Waals surface area (Å²) in [5.74, 6) is -0.347. The van der Waals surface area contributed by atoms with Gasteiger partial charge < -0.3 is 5.21 Å². The molecule has 0 fully saturated rings. The SMILES string of the molecule is CCc1c(C)ccc(F)c1/C=N/O. The zero-order valence-corrected chi connectivity index (χ0v) is 7.71. The van der Waals surface area contributed by atoms with Crippen molar-refractivity contribution >= 4 is 6.21 Å². The van der Waals surface area contributed by atoms with Gasteiger partial charge in [-0.1, -0.05) is 18.1 Å². The van der Waals surface area contributed by atoms with E-state index in [1.54, 1.807) is 6.07 Å². The second kappa shape index (κ2) is 4.03. The predicted octanol–water partition coefficient (Wildman–Crippen LogP) is 2.50. The molecule has 0 aromatic heterocycles. The number of benzene rings is 1. The van der Waals surface area contributed by atoms with Crippen molar-refractivity contribution in [2.45, 2.75) is 20.3 Å². The van der Waals surface area contributed by atoms with Crippen molar-refractivity contribution in [2.75, 3.05) is 0 Å². The summed E-state index contributed by atoms with van der Waals surface area (Å²) in [5, 5.41) is 11.2. The fourth-order valence-electron chi connectivity index (χ4n) is 1.41. The van der Waals surface area contributed by atoms with Crippen LogP contribution in [-0.4, -0.2) is 11.4 Å². The molecule has 13 heavy (non-hydrogen) atoms. The Hall–Kier alpha value is -1.38. The number of halogens is 1. The molecule has 0 spiro atoms. The third kappa shape index (κ3) is 1.86. The molecular weight excluding hydrogens is 169 g/mol. The second-order valence-electron chi connectivity index (χ2n) is 2.85. The highest BCUT2D eigenvalue weighted by Crippen LogP contribution is 2.16. The van der Waals surface area contributed by atoms with Gasteiger partial charge in [0.25, 0.3) is 0 Å². The van der Waals surface area contributed by atoms with Crippen molar-refractivity contribution in [1.82, 2.24) is 0 Å². The van der Waals surface area contributed by atoms with Crippen molar-refractivity contribution in [3.63, 3.8) is 0 Å². The molecule has 0 radical (unpaired) electrons. The van der Waals surface area contributed by atoms with E-state index in [-0.39, 0.29) is 5.82 Å². The summed E-state index contributed by atoms with van der Waals surface area (Å²) >= 11 is 0. The molecular formula is C10H12FNO. The number of aryl methyl sites for hydroxylation is 1. The summed E-state index contributed by atoms with van der Waals surface area (Å²) in [6.45, 7) is 3.85. The quantitative estimate of drug-likeness (QED) is 0.424. The van der Waals surface area contributed by atoms with Crippen LogP contribution in [0.1, 0.15) is 23.6 Å². The smallest absolute Gasteiger partial charge is 0.132 e. The Bertz CT molecular complexity index is 334. The van der Waals surface area contributed by atoms with E-state index >= 15 is 0 Å². The molecule has 2 nitrogen and oxygen atoms in total. The van der Waals surface area contributed by atoms with Crippen molar-refractivity contribution < 1.29 is 9.60 Å². The molecule has 1 rings (SSSR count). The standard InChI is InChI=1S/C10H12FNO/c1-3-8-7(2)4-5-10(11)9(8)6-12-13/h4-6,13H,3H2,1-2H3/b12-6+. The van der Waals surface area contributed by atoms with Crippen LogP contribution in [0.3, 0.4) is 0 Å². The van der Waals surface area contributed by atoms with E-state index in [0.717, 1.165) is 23.8 Å². The number of rotatable bonds is 2. The van der Waals surface area contributed by atoms with Crippen molar-refractivity contribution in [1.29, 1.82) is 0 Å². The first-order chi connectivity index (χ1) is 6.20. The highest BCUT2D eigenvalue weighted by atomic mass is 19.1. The summed E-state index contributed by atoms with van der Waals surface area (Å²) < 4.78 is 13.2. The van der Waals surface area contributed by atoms with Gasteiger partial charge in [-0.05, 0) is 30.5 Å². The Morgan fingerprint density at radius 2 is 2.23 bits per heavy atom. The minimum atomic E-state index is -0.347. The normalized spacial score (nSPS) is 11.0. The molecule has 70 valence electrons. The number of hydrogen-bond acceptors (Lipinski definition) is 2. The van der Waals surface area contributed by atoms with Crippen LogP contribution in [-0.2, 0) is 6.42 Å². The van der Waals surface area contributed by atoms with E-state index in [0.29, 0.717) is 5.56 Å². The number of oxime groups is 1. The van der Waals surface area contributed by atoms with E-state index in [1.165, 1.54) is 6.07 Å². The molecule has 0 amide bonds.